The molecule has 3 rings (SSSR count). The van der Waals surface area contributed by atoms with Gasteiger partial charge in [0.2, 0.25) is 5.82 Å². The molecule has 0 radical (unpaired) electrons. The number of rotatable bonds is 6. The number of aromatic nitrogens is 1. The third-order valence-corrected chi connectivity index (χ3v) is 4.37. The van der Waals surface area contributed by atoms with Crippen LogP contribution in [0, 0.1) is 10.1 Å². The highest BCUT2D eigenvalue weighted by Gasteiger charge is 2.22. The molecule has 26 heavy (non-hydrogen) atoms. The van der Waals surface area contributed by atoms with Crippen LogP contribution >= 0.6 is 0 Å². The Bertz CT molecular complexity index is 741. The zero-order chi connectivity index (χ0) is 18.5. The fraction of sp³-hybridized carbons (Fsp3) is 0.421. The van der Waals surface area contributed by atoms with E-state index in [-0.39, 0.29) is 23.7 Å². The van der Waals surface area contributed by atoms with Crippen molar-refractivity contribution in [3.8, 4) is 0 Å². The van der Waals surface area contributed by atoms with Crippen molar-refractivity contribution >= 4 is 11.5 Å². The van der Waals surface area contributed by atoms with Crippen LogP contribution < -0.4 is 5.32 Å². The molecule has 1 fully saturated rings. The first kappa shape index (κ1) is 18.3. The minimum atomic E-state index is -0.428. The van der Waals surface area contributed by atoms with Crippen LogP contribution in [0.4, 0.5) is 11.5 Å². The highest BCUT2D eigenvalue weighted by atomic mass is 16.6. The topological polar surface area (TPSA) is 80.5 Å². The van der Waals surface area contributed by atoms with E-state index in [0.29, 0.717) is 6.54 Å². The second-order valence-electron chi connectivity index (χ2n) is 6.75. The SMILES string of the molecule is C[C@@H]1CN(Cc2ccc(CNc3ncccc3[N+](=O)[O-])cc2)C[C@@H](C)O1. The van der Waals surface area contributed by atoms with E-state index in [9.17, 15) is 10.1 Å². The Morgan fingerprint density at radius 3 is 2.50 bits per heavy atom. The maximum Gasteiger partial charge on any atom is 0.311 e. The van der Waals surface area contributed by atoms with E-state index in [1.165, 1.54) is 11.6 Å². The summed E-state index contributed by atoms with van der Waals surface area (Å²) in [6.45, 7) is 7.48. The van der Waals surface area contributed by atoms with E-state index in [1.54, 1.807) is 12.3 Å². The van der Waals surface area contributed by atoms with Crippen LogP contribution in [0.5, 0.6) is 0 Å². The Labute approximate surface area is 153 Å². The summed E-state index contributed by atoms with van der Waals surface area (Å²) in [5, 5.41) is 14.1. The van der Waals surface area contributed by atoms with Crippen molar-refractivity contribution in [1.29, 1.82) is 0 Å². The second-order valence-corrected chi connectivity index (χ2v) is 6.75. The third-order valence-electron chi connectivity index (χ3n) is 4.37. The van der Waals surface area contributed by atoms with Gasteiger partial charge in [-0.1, -0.05) is 24.3 Å². The first-order valence-electron chi connectivity index (χ1n) is 8.80. The average Bonchev–Trinajstić information content (AvgIpc) is 2.60. The molecule has 2 heterocycles. The number of anilines is 1. The summed E-state index contributed by atoms with van der Waals surface area (Å²) in [5.74, 6) is 0.290. The molecule has 7 heteroatoms. The first-order chi connectivity index (χ1) is 12.5. The highest BCUT2D eigenvalue weighted by molar-refractivity contribution is 5.55. The van der Waals surface area contributed by atoms with Crippen molar-refractivity contribution in [2.45, 2.75) is 39.1 Å². The number of nitrogens with zero attached hydrogens (tertiary/aromatic N) is 3. The molecule has 7 nitrogen and oxygen atoms in total. The van der Waals surface area contributed by atoms with Crippen molar-refractivity contribution in [3.63, 3.8) is 0 Å². The van der Waals surface area contributed by atoms with Crippen molar-refractivity contribution < 1.29 is 9.66 Å². The minimum absolute atomic E-state index is 0.0142. The maximum atomic E-state index is 11.0. The zero-order valence-corrected chi connectivity index (χ0v) is 15.1. The average molecular weight is 356 g/mol. The molecule has 1 aromatic carbocycles. The van der Waals surface area contributed by atoms with Gasteiger partial charge in [0.1, 0.15) is 0 Å². The van der Waals surface area contributed by atoms with Gasteiger partial charge in [-0.2, -0.15) is 0 Å². The maximum absolute atomic E-state index is 11.0. The third kappa shape index (κ3) is 4.77. The van der Waals surface area contributed by atoms with E-state index >= 15 is 0 Å². The predicted octanol–water partition coefficient (Wildman–Crippen LogP) is 3.21. The number of pyridine rings is 1. The molecule has 1 N–H and O–H groups in total. The molecular formula is C19H24N4O3. The molecule has 0 bridgehead atoms. The molecule has 0 amide bonds. The quantitative estimate of drug-likeness (QED) is 0.632. The molecule has 1 aliphatic rings. The molecule has 138 valence electrons. The highest BCUT2D eigenvalue weighted by Crippen LogP contribution is 2.21. The van der Waals surface area contributed by atoms with Gasteiger partial charge in [0.15, 0.2) is 0 Å². The van der Waals surface area contributed by atoms with E-state index in [2.05, 4.69) is 41.2 Å². The molecular weight excluding hydrogens is 332 g/mol. The van der Waals surface area contributed by atoms with Gasteiger partial charge in [0.25, 0.3) is 0 Å². The van der Waals surface area contributed by atoms with Crippen LogP contribution in [0.25, 0.3) is 0 Å². The van der Waals surface area contributed by atoms with Gasteiger partial charge in [0.05, 0.1) is 17.1 Å². The summed E-state index contributed by atoms with van der Waals surface area (Å²) >= 11 is 0. The van der Waals surface area contributed by atoms with Crippen LogP contribution in [-0.4, -0.2) is 40.1 Å². The van der Waals surface area contributed by atoms with E-state index < -0.39 is 4.92 Å². The van der Waals surface area contributed by atoms with Crippen LogP contribution in [-0.2, 0) is 17.8 Å². The number of morpholine rings is 1. The standard InChI is InChI=1S/C19H24N4O3/c1-14-11-22(12-15(2)26-14)13-17-7-5-16(6-8-17)10-21-19-18(23(24)25)4-3-9-20-19/h3-9,14-15H,10-13H2,1-2H3,(H,20,21)/t14-,15-/m1/s1. The summed E-state index contributed by atoms with van der Waals surface area (Å²) in [6.07, 6.45) is 2.07. The fourth-order valence-corrected chi connectivity index (χ4v) is 3.30. The van der Waals surface area contributed by atoms with Crippen LogP contribution in [0.2, 0.25) is 0 Å². The first-order valence-corrected chi connectivity index (χ1v) is 8.80. The van der Waals surface area contributed by atoms with E-state index in [4.69, 9.17) is 4.74 Å². The Morgan fingerprint density at radius 1 is 1.19 bits per heavy atom. The summed E-state index contributed by atoms with van der Waals surface area (Å²) < 4.78 is 5.77. The largest absolute Gasteiger partial charge is 0.373 e. The number of nitro groups is 1. The lowest BCUT2D eigenvalue weighted by Gasteiger charge is -2.35. The van der Waals surface area contributed by atoms with Crippen LogP contribution in [0.3, 0.4) is 0 Å². The van der Waals surface area contributed by atoms with Crippen molar-refractivity contribution in [1.82, 2.24) is 9.88 Å². The summed E-state index contributed by atoms with van der Waals surface area (Å²) in [5.41, 5.74) is 2.29. The molecule has 0 saturated carbocycles. The molecule has 2 aromatic rings. The zero-order valence-electron chi connectivity index (χ0n) is 15.1. The Hall–Kier alpha value is -2.51. The summed E-state index contributed by atoms with van der Waals surface area (Å²) in [6, 6.07) is 11.3. The number of nitrogens with one attached hydrogen (secondary N) is 1. The Morgan fingerprint density at radius 2 is 1.85 bits per heavy atom. The van der Waals surface area contributed by atoms with Crippen molar-refractivity contribution in [2.75, 3.05) is 18.4 Å². The molecule has 2 atom stereocenters. The van der Waals surface area contributed by atoms with E-state index in [0.717, 1.165) is 25.2 Å². The molecule has 1 saturated heterocycles. The minimum Gasteiger partial charge on any atom is -0.373 e. The van der Waals surface area contributed by atoms with Gasteiger partial charge in [-0.05, 0) is 31.0 Å². The summed E-state index contributed by atoms with van der Waals surface area (Å²) in [4.78, 5) is 17.1. The van der Waals surface area contributed by atoms with Gasteiger partial charge < -0.3 is 10.1 Å². The monoisotopic (exact) mass is 356 g/mol. The van der Waals surface area contributed by atoms with Gasteiger partial charge in [0, 0.05) is 38.4 Å². The molecule has 0 aliphatic carbocycles. The van der Waals surface area contributed by atoms with Crippen LogP contribution in [0.1, 0.15) is 25.0 Å². The lowest BCUT2D eigenvalue weighted by atomic mass is 10.1. The number of hydrogen-bond acceptors (Lipinski definition) is 6. The number of ether oxygens (including phenoxy) is 1. The predicted molar refractivity (Wildman–Crippen MR) is 99.9 cm³/mol. The molecule has 1 aliphatic heterocycles. The second kappa shape index (κ2) is 8.25. The van der Waals surface area contributed by atoms with Gasteiger partial charge in [-0.25, -0.2) is 4.98 Å². The van der Waals surface area contributed by atoms with Crippen molar-refractivity contribution in [3.05, 3.63) is 63.8 Å². The molecule has 0 spiro atoms. The smallest absolute Gasteiger partial charge is 0.311 e. The van der Waals surface area contributed by atoms with Gasteiger partial charge >= 0.3 is 5.69 Å². The lowest BCUT2D eigenvalue weighted by Crippen LogP contribution is -2.44. The number of benzene rings is 1. The Balaban J connectivity index is 1.57. The van der Waals surface area contributed by atoms with Gasteiger partial charge in [-0.3, -0.25) is 15.0 Å². The van der Waals surface area contributed by atoms with Crippen molar-refractivity contribution in [2.24, 2.45) is 0 Å². The molecule has 1 aromatic heterocycles. The summed E-state index contributed by atoms with van der Waals surface area (Å²) in [7, 11) is 0. The lowest BCUT2D eigenvalue weighted by molar-refractivity contribution is -0.384. The van der Waals surface area contributed by atoms with Crippen LogP contribution in [0.15, 0.2) is 42.6 Å². The fourth-order valence-electron chi connectivity index (χ4n) is 3.30. The Kier molecular flexibility index (Phi) is 5.80. The normalized spacial score (nSPS) is 20.7. The number of hydrogen-bond donors (Lipinski definition) is 1. The van der Waals surface area contributed by atoms with Gasteiger partial charge in [-0.15, -0.1) is 0 Å². The molecule has 0 unspecified atom stereocenters. The van der Waals surface area contributed by atoms with E-state index in [1.807, 2.05) is 12.1 Å².